The Hall–Kier alpha value is -3.08. The van der Waals surface area contributed by atoms with Crippen molar-refractivity contribution in [2.75, 3.05) is 11.4 Å². The fourth-order valence-corrected chi connectivity index (χ4v) is 2.88. The van der Waals surface area contributed by atoms with Crippen molar-refractivity contribution in [3.8, 4) is 11.1 Å². The van der Waals surface area contributed by atoms with Crippen LogP contribution in [0.2, 0.25) is 0 Å². The van der Waals surface area contributed by atoms with E-state index in [0.717, 1.165) is 23.2 Å². The molecule has 0 saturated heterocycles. The van der Waals surface area contributed by atoms with Crippen LogP contribution >= 0.6 is 0 Å². The Kier molecular flexibility index (Phi) is 3.31. The predicted octanol–water partition coefficient (Wildman–Crippen LogP) is 2.74. The fourth-order valence-electron chi connectivity index (χ4n) is 2.88. The molecular formula is C18H14N4O. The van der Waals surface area contributed by atoms with Crippen molar-refractivity contribution in [3.63, 3.8) is 0 Å². The van der Waals surface area contributed by atoms with Gasteiger partial charge in [0.05, 0.1) is 6.20 Å². The van der Waals surface area contributed by atoms with E-state index in [2.05, 4.69) is 21.0 Å². The van der Waals surface area contributed by atoms with Crippen LogP contribution in [0.4, 0.5) is 5.69 Å². The van der Waals surface area contributed by atoms with Crippen molar-refractivity contribution in [2.24, 2.45) is 0 Å². The van der Waals surface area contributed by atoms with Gasteiger partial charge in [-0.3, -0.25) is 14.8 Å². The topological polar surface area (TPSA) is 59.0 Å². The highest BCUT2D eigenvalue weighted by Crippen LogP contribution is 2.32. The molecule has 0 bridgehead atoms. The van der Waals surface area contributed by atoms with Gasteiger partial charge in [-0.2, -0.15) is 0 Å². The number of hydrogen-bond donors (Lipinski definition) is 0. The van der Waals surface area contributed by atoms with Gasteiger partial charge in [0.15, 0.2) is 0 Å². The van der Waals surface area contributed by atoms with E-state index in [9.17, 15) is 4.79 Å². The average Bonchev–Trinajstić information content (AvgIpc) is 3.05. The van der Waals surface area contributed by atoms with Gasteiger partial charge in [0.25, 0.3) is 5.91 Å². The number of nitrogens with zero attached hydrogens (tertiary/aromatic N) is 4. The summed E-state index contributed by atoms with van der Waals surface area (Å²) in [5.74, 6) is -0.103. The lowest BCUT2D eigenvalue weighted by Crippen LogP contribution is -2.29. The van der Waals surface area contributed by atoms with Crippen LogP contribution in [0.3, 0.4) is 0 Å². The number of hydrogen-bond acceptors (Lipinski definition) is 4. The molecule has 4 rings (SSSR count). The van der Waals surface area contributed by atoms with Gasteiger partial charge in [0.2, 0.25) is 0 Å². The Morgan fingerprint density at radius 3 is 2.61 bits per heavy atom. The predicted molar refractivity (Wildman–Crippen MR) is 87.1 cm³/mol. The number of carbonyl (C=O) groups is 1. The molecule has 1 aliphatic rings. The molecule has 0 radical (unpaired) electrons. The van der Waals surface area contributed by atoms with E-state index in [4.69, 9.17) is 0 Å². The Morgan fingerprint density at radius 1 is 0.957 bits per heavy atom. The van der Waals surface area contributed by atoms with Crippen molar-refractivity contribution in [1.29, 1.82) is 0 Å². The largest absolute Gasteiger partial charge is 0.306 e. The third kappa shape index (κ3) is 2.46. The molecule has 0 saturated carbocycles. The van der Waals surface area contributed by atoms with Crippen LogP contribution in [0.15, 0.2) is 61.3 Å². The van der Waals surface area contributed by atoms with Crippen molar-refractivity contribution < 1.29 is 4.79 Å². The zero-order valence-corrected chi connectivity index (χ0v) is 12.4. The smallest absolute Gasteiger partial charge is 0.278 e. The second-order valence-corrected chi connectivity index (χ2v) is 5.38. The Morgan fingerprint density at radius 2 is 1.83 bits per heavy atom. The molecule has 5 nitrogen and oxygen atoms in total. The standard InChI is InChI=1S/C18H14N4O/c23-18(16-12-20-8-9-21-16)22-10-5-15-11-14(1-2-17(15)22)13-3-6-19-7-4-13/h1-4,6-9,11-12H,5,10H2. The summed E-state index contributed by atoms with van der Waals surface area (Å²) in [6.45, 7) is 0.671. The lowest BCUT2D eigenvalue weighted by molar-refractivity contribution is 0.0984. The maximum absolute atomic E-state index is 12.6. The number of benzene rings is 1. The van der Waals surface area contributed by atoms with Gasteiger partial charge in [0, 0.05) is 37.0 Å². The highest BCUT2D eigenvalue weighted by atomic mass is 16.2. The number of carbonyl (C=O) groups excluding carboxylic acids is 1. The molecule has 0 atom stereocenters. The van der Waals surface area contributed by atoms with Crippen molar-refractivity contribution in [1.82, 2.24) is 15.0 Å². The molecule has 0 spiro atoms. The summed E-state index contributed by atoms with van der Waals surface area (Å²) in [6, 6.07) is 10.2. The van der Waals surface area contributed by atoms with Gasteiger partial charge in [0.1, 0.15) is 5.69 Å². The summed E-state index contributed by atoms with van der Waals surface area (Å²) in [4.78, 5) is 26.5. The Bertz CT molecular complexity index is 849. The molecule has 1 aliphatic heterocycles. The second-order valence-electron chi connectivity index (χ2n) is 5.38. The quantitative estimate of drug-likeness (QED) is 0.730. The minimum atomic E-state index is -0.103. The van der Waals surface area contributed by atoms with Gasteiger partial charge in [-0.25, -0.2) is 4.98 Å². The van der Waals surface area contributed by atoms with Gasteiger partial charge in [-0.1, -0.05) is 6.07 Å². The minimum absolute atomic E-state index is 0.103. The average molecular weight is 302 g/mol. The van der Waals surface area contributed by atoms with Gasteiger partial charge >= 0.3 is 0 Å². The van der Waals surface area contributed by atoms with Crippen LogP contribution < -0.4 is 4.90 Å². The number of aromatic nitrogens is 3. The molecule has 0 N–H and O–H groups in total. The first-order valence-corrected chi connectivity index (χ1v) is 7.44. The Balaban J connectivity index is 1.67. The van der Waals surface area contributed by atoms with E-state index >= 15 is 0 Å². The Labute approximate surface area is 133 Å². The molecule has 112 valence electrons. The van der Waals surface area contributed by atoms with Gasteiger partial charge < -0.3 is 4.90 Å². The van der Waals surface area contributed by atoms with E-state index < -0.39 is 0 Å². The monoisotopic (exact) mass is 302 g/mol. The molecular weight excluding hydrogens is 288 g/mol. The normalized spacial score (nSPS) is 13.0. The zero-order chi connectivity index (χ0) is 15.6. The number of fused-ring (bicyclic) bond motifs is 1. The maximum atomic E-state index is 12.6. The summed E-state index contributed by atoms with van der Waals surface area (Å²) in [5, 5.41) is 0. The van der Waals surface area contributed by atoms with Crippen molar-refractivity contribution in [2.45, 2.75) is 6.42 Å². The highest BCUT2D eigenvalue weighted by Gasteiger charge is 2.26. The second kappa shape index (κ2) is 5.61. The molecule has 23 heavy (non-hydrogen) atoms. The maximum Gasteiger partial charge on any atom is 0.278 e. The molecule has 5 heteroatoms. The number of pyridine rings is 1. The number of amides is 1. The molecule has 3 heterocycles. The third-order valence-electron chi connectivity index (χ3n) is 4.02. The summed E-state index contributed by atoms with van der Waals surface area (Å²) >= 11 is 0. The van der Waals surface area contributed by atoms with E-state index in [1.165, 1.54) is 18.0 Å². The first kappa shape index (κ1) is 13.6. The summed E-state index contributed by atoms with van der Waals surface area (Å²) in [7, 11) is 0. The molecule has 0 unspecified atom stereocenters. The lowest BCUT2D eigenvalue weighted by Gasteiger charge is -2.16. The number of rotatable bonds is 2. The van der Waals surface area contributed by atoms with Crippen LogP contribution in [-0.2, 0) is 6.42 Å². The fraction of sp³-hybridized carbons (Fsp3) is 0.111. The van der Waals surface area contributed by atoms with Crippen molar-refractivity contribution >= 4 is 11.6 Å². The van der Waals surface area contributed by atoms with E-state index in [-0.39, 0.29) is 5.91 Å². The van der Waals surface area contributed by atoms with Crippen molar-refractivity contribution in [3.05, 3.63) is 72.6 Å². The summed E-state index contributed by atoms with van der Waals surface area (Å²) in [6.07, 6.45) is 9.03. The summed E-state index contributed by atoms with van der Waals surface area (Å²) in [5.41, 5.74) is 4.77. The molecule has 1 amide bonds. The van der Waals surface area contributed by atoms with Crippen LogP contribution in [0.5, 0.6) is 0 Å². The summed E-state index contributed by atoms with van der Waals surface area (Å²) < 4.78 is 0. The highest BCUT2D eigenvalue weighted by molar-refractivity contribution is 6.06. The molecule has 2 aromatic heterocycles. The van der Waals surface area contributed by atoms with Gasteiger partial charge in [-0.15, -0.1) is 0 Å². The van der Waals surface area contributed by atoms with Crippen LogP contribution in [0.25, 0.3) is 11.1 Å². The van der Waals surface area contributed by atoms with E-state index in [1.54, 1.807) is 23.5 Å². The third-order valence-corrected chi connectivity index (χ3v) is 4.02. The van der Waals surface area contributed by atoms with E-state index in [0.29, 0.717) is 12.2 Å². The minimum Gasteiger partial charge on any atom is -0.306 e. The van der Waals surface area contributed by atoms with Crippen LogP contribution in [0.1, 0.15) is 16.1 Å². The van der Waals surface area contributed by atoms with Crippen LogP contribution in [0, 0.1) is 0 Å². The van der Waals surface area contributed by atoms with Crippen LogP contribution in [-0.4, -0.2) is 27.4 Å². The van der Waals surface area contributed by atoms with E-state index in [1.807, 2.05) is 24.3 Å². The number of anilines is 1. The lowest BCUT2D eigenvalue weighted by atomic mass is 10.0. The first-order valence-electron chi connectivity index (χ1n) is 7.44. The first-order chi connectivity index (χ1) is 11.3. The molecule has 0 aliphatic carbocycles. The molecule has 0 fully saturated rings. The zero-order valence-electron chi connectivity index (χ0n) is 12.4. The SMILES string of the molecule is O=C(c1cnccn1)N1CCc2cc(-c3ccncc3)ccc21. The van der Waals surface area contributed by atoms with Gasteiger partial charge in [-0.05, 0) is 47.4 Å². The molecule has 1 aromatic carbocycles. The molecule has 3 aromatic rings.